The average Bonchev–Trinajstić information content (AvgIpc) is 3.55. The summed E-state index contributed by atoms with van der Waals surface area (Å²) in [4.78, 5) is 39.9. The molecule has 4 rings (SSSR count). The predicted octanol–water partition coefficient (Wildman–Crippen LogP) is 5.18. The van der Waals surface area contributed by atoms with Crippen LogP contribution in [-0.4, -0.2) is 51.5 Å². The summed E-state index contributed by atoms with van der Waals surface area (Å²) in [6, 6.07) is 7.39. The number of methoxy groups -OCH3 is 1. The second-order valence-electron chi connectivity index (χ2n) is 10.1. The molecule has 0 saturated carbocycles. The van der Waals surface area contributed by atoms with Crippen LogP contribution in [-0.2, 0) is 46.7 Å². The number of thioether (sulfide) groups is 1. The Kier molecular flexibility index (Phi) is 11.4. The summed E-state index contributed by atoms with van der Waals surface area (Å²) in [5.41, 5.74) is 2.40. The molecule has 2 heterocycles. The number of benzene rings is 1. The van der Waals surface area contributed by atoms with Gasteiger partial charge in [-0.3, -0.25) is 9.59 Å². The highest BCUT2D eigenvalue weighted by Crippen LogP contribution is 2.39. The van der Waals surface area contributed by atoms with Gasteiger partial charge in [0.15, 0.2) is 11.0 Å². The molecule has 0 saturated heterocycles. The third-order valence-electron chi connectivity index (χ3n) is 7.04. The number of carbonyl (C=O) groups excluding carboxylic acids is 3. The number of thiophene rings is 1. The summed E-state index contributed by atoms with van der Waals surface area (Å²) >= 11 is 2.79. The van der Waals surface area contributed by atoms with Crippen molar-refractivity contribution >= 4 is 45.9 Å². The summed E-state index contributed by atoms with van der Waals surface area (Å²) in [5, 5.41) is 15.3. The summed E-state index contributed by atoms with van der Waals surface area (Å²) in [6.45, 7) is 6.88. The lowest BCUT2D eigenvalue weighted by Gasteiger charge is -2.14. The molecule has 2 aromatic heterocycles. The molecule has 0 radical (unpaired) electrons. The predicted molar refractivity (Wildman–Crippen MR) is 164 cm³/mol. The maximum Gasteiger partial charge on any atom is 0.341 e. The molecule has 0 spiro atoms. The number of ether oxygens (including phenoxy) is 2. The first-order chi connectivity index (χ1) is 20.3. The fourth-order valence-corrected chi connectivity index (χ4v) is 6.92. The second kappa shape index (κ2) is 15.2. The number of fused-ring (bicyclic) bond motifs is 1. The quantitative estimate of drug-likeness (QED) is 0.188. The van der Waals surface area contributed by atoms with E-state index in [1.807, 2.05) is 35.8 Å². The van der Waals surface area contributed by atoms with Gasteiger partial charge in [0.2, 0.25) is 11.8 Å². The number of aromatic nitrogens is 3. The summed E-state index contributed by atoms with van der Waals surface area (Å²) in [6.07, 6.45) is 5.95. The van der Waals surface area contributed by atoms with Crippen molar-refractivity contribution in [2.45, 2.75) is 89.2 Å². The highest BCUT2D eigenvalue weighted by molar-refractivity contribution is 8.00. The van der Waals surface area contributed by atoms with Crippen LogP contribution in [0.5, 0.6) is 5.75 Å². The Morgan fingerprint density at radius 3 is 2.60 bits per heavy atom. The number of hydrogen-bond acceptors (Lipinski definition) is 9. The van der Waals surface area contributed by atoms with Gasteiger partial charge in [-0.25, -0.2) is 4.79 Å². The van der Waals surface area contributed by atoms with E-state index in [0.717, 1.165) is 60.3 Å². The number of nitrogens with zero attached hydrogens (tertiary/aromatic N) is 3. The van der Waals surface area contributed by atoms with E-state index in [1.54, 1.807) is 14.0 Å². The van der Waals surface area contributed by atoms with Crippen LogP contribution in [0.3, 0.4) is 0 Å². The molecule has 10 nitrogen and oxygen atoms in total. The molecule has 3 aromatic rings. The number of aryl methyl sites for hydroxylation is 1. The van der Waals surface area contributed by atoms with Crippen molar-refractivity contribution in [3.05, 3.63) is 51.7 Å². The lowest BCUT2D eigenvalue weighted by Crippen LogP contribution is -2.26. The van der Waals surface area contributed by atoms with Gasteiger partial charge < -0.3 is 24.7 Å². The van der Waals surface area contributed by atoms with Gasteiger partial charge in [-0.05, 0) is 69.2 Å². The van der Waals surface area contributed by atoms with Gasteiger partial charge in [-0.15, -0.1) is 21.5 Å². The molecule has 1 aliphatic rings. The summed E-state index contributed by atoms with van der Waals surface area (Å²) in [7, 11) is 1.61. The molecule has 0 bridgehead atoms. The van der Waals surface area contributed by atoms with Crippen LogP contribution >= 0.6 is 23.1 Å². The van der Waals surface area contributed by atoms with Crippen molar-refractivity contribution in [3.63, 3.8) is 0 Å². The van der Waals surface area contributed by atoms with E-state index in [9.17, 15) is 14.4 Å². The van der Waals surface area contributed by atoms with Crippen molar-refractivity contribution in [2.24, 2.45) is 0 Å². The normalized spacial score (nSPS) is 13.2. The van der Waals surface area contributed by atoms with Crippen LogP contribution in [0, 0.1) is 0 Å². The molecular formula is C30H39N5O5S2. The molecule has 1 aromatic carbocycles. The molecule has 2 N–H and O–H groups in total. The number of rotatable bonds is 14. The summed E-state index contributed by atoms with van der Waals surface area (Å²) < 4.78 is 12.5. The number of esters is 1. The number of amides is 2. The van der Waals surface area contributed by atoms with Gasteiger partial charge >= 0.3 is 5.97 Å². The first-order valence-corrected chi connectivity index (χ1v) is 16.1. The Hall–Kier alpha value is -3.38. The minimum atomic E-state index is -0.499. The largest absolute Gasteiger partial charge is 0.497 e. The van der Waals surface area contributed by atoms with Gasteiger partial charge in [-0.2, -0.15) is 0 Å². The number of hydrogen-bond donors (Lipinski definition) is 2. The lowest BCUT2D eigenvalue weighted by molar-refractivity contribution is -0.120. The van der Waals surface area contributed by atoms with E-state index in [4.69, 9.17) is 9.47 Å². The molecule has 0 unspecified atom stereocenters. The van der Waals surface area contributed by atoms with Gasteiger partial charge in [-0.1, -0.05) is 37.2 Å². The second-order valence-corrected chi connectivity index (χ2v) is 12.5. The van der Waals surface area contributed by atoms with E-state index in [2.05, 4.69) is 27.8 Å². The van der Waals surface area contributed by atoms with Crippen molar-refractivity contribution < 1.29 is 23.9 Å². The highest BCUT2D eigenvalue weighted by Gasteiger charge is 2.29. The van der Waals surface area contributed by atoms with E-state index in [1.165, 1.54) is 23.1 Å². The molecule has 226 valence electrons. The number of anilines is 1. The SMILES string of the molecule is CCCCn1c(CNC(=O)Cc2ccc(OC)cc2)nnc1S[C@H](C)C(=O)Nc1sc2c(c1C(=O)OCC)CCCC2. The van der Waals surface area contributed by atoms with Gasteiger partial charge in [0, 0.05) is 11.4 Å². The fraction of sp³-hybridized carbons (Fsp3) is 0.500. The highest BCUT2D eigenvalue weighted by atomic mass is 32.2. The molecule has 2 amide bonds. The van der Waals surface area contributed by atoms with Crippen LogP contribution in [0.2, 0.25) is 0 Å². The molecule has 1 aliphatic carbocycles. The van der Waals surface area contributed by atoms with Crippen molar-refractivity contribution in [3.8, 4) is 5.75 Å². The Balaban J connectivity index is 1.42. The monoisotopic (exact) mass is 613 g/mol. The standard InChI is InChI=1S/C30H39N5O5S2/c1-5-7-16-35-24(18-31-25(36)17-20-12-14-21(39-4)15-13-20)33-34-30(35)41-19(3)27(37)32-28-26(29(38)40-6-2)22-10-8-9-11-23(22)42-28/h12-15,19H,5-11,16-18H2,1-4H3,(H,31,36)(H,32,37)/t19-/m1/s1. The van der Waals surface area contributed by atoms with E-state index >= 15 is 0 Å². The fourth-order valence-electron chi connectivity index (χ4n) is 4.74. The van der Waals surface area contributed by atoms with Gasteiger partial charge in [0.05, 0.1) is 37.5 Å². The van der Waals surface area contributed by atoms with Crippen LogP contribution < -0.4 is 15.4 Å². The number of unbranched alkanes of at least 4 members (excludes halogenated alkanes) is 1. The maximum atomic E-state index is 13.3. The smallest absolute Gasteiger partial charge is 0.341 e. The van der Waals surface area contributed by atoms with Crippen molar-refractivity contribution in [1.82, 2.24) is 20.1 Å². The van der Waals surface area contributed by atoms with Crippen molar-refractivity contribution in [1.29, 1.82) is 0 Å². The third kappa shape index (κ3) is 7.91. The molecule has 0 aliphatic heterocycles. The zero-order valence-electron chi connectivity index (χ0n) is 24.7. The van der Waals surface area contributed by atoms with Crippen LogP contribution in [0.15, 0.2) is 29.4 Å². The number of nitrogens with one attached hydrogen (secondary N) is 2. The van der Waals surface area contributed by atoms with E-state index < -0.39 is 5.25 Å². The molecule has 1 atom stereocenters. The molecule has 12 heteroatoms. The molecule has 0 fully saturated rings. The third-order valence-corrected chi connectivity index (χ3v) is 9.32. The topological polar surface area (TPSA) is 124 Å². The zero-order valence-corrected chi connectivity index (χ0v) is 26.3. The van der Waals surface area contributed by atoms with Gasteiger partial charge in [0.1, 0.15) is 10.8 Å². The minimum absolute atomic E-state index is 0.122. The minimum Gasteiger partial charge on any atom is -0.497 e. The van der Waals surface area contributed by atoms with Crippen LogP contribution in [0.1, 0.15) is 78.6 Å². The maximum absolute atomic E-state index is 13.3. The Morgan fingerprint density at radius 1 is 1.12 bits per heavy atom. The Labute approximate surface area is 255 Å². The first-order valence-electron chi connectivity index (χ1n) is 14.4. The average molecular weight is 614 g/mol. The molecule has 42 heavy (non-hydrogen) atoms. The van der Waals surface area contributed by atoms with E-state index in [0.29, 0.717) is 28.1 Å². The Bertz CT molecular complexity index is 1390. The van der Waals surface area contributed by atoms with Crippen LogP contribution in [0.4, 0.5) is 5.00 Å². The number of carbonyl (C=O) groups is 3. The van der Waals surface area contributed by atoms with Crippen LogP contribution in [0.25, 0.3) is 0 Å². The Morgan fingerprint density at radius 2 is 1.88 bits per heavy atom. The summed E-state index contributed by atoms with van der Waals surface area (Å²) in [5.74, 6) is 0.652. The van der Waals surface area contributed by atoms with E-state index in [-0.39, 0.29) is 37.4 Å². The molecular weight excluding hydrogens is 574 g/mol. The van der Waals surface area contributed by atoms with Gasteiger partial charge in [0.25, 0.3) is 0 Å². The zero-order chi connectivity index (χ0) is 30.1. The first kappa shape index (κ1) is 31.6. The van der Waals surface area contributed by atoms with Crippen molar-refractivity contribution in [2.75, 3.05) is 19.0 Å². The lowest BCUT2D eigenvalue weighted by atomic mass is 9.95.